The third kappa shape index (κ3) is 2.45. The average molecular weight is 232 g/mol. The van der Waals surface area contributed by atoms with Gasteiger partial charge in [-0.15, -0.1) is 0 Å². The van der Waals surface area contributed by atoms with Crippen molar-refractivity contribution in [1.82, 2.24) is 4.90 Å². The van der Waals surface area contributed by atoms with Crippen LogP contribution in [0.2, 0.25) is 0 Å². The van der Waals surface area contributed by atoms with Crippen LogP contribution in [0.4, 0.5) is 0 Å². The van der Waals surface area contributed by atoms with Crippen molar-refractivity contribution in [1.29, 1.82) is 0 Å². The Morgan fingerprint density at radius 1 is 1.71 bits per heavy atom. The van der Waals surface area contributed by atoms with E-state index in [1.807, 2.05) is 6.92 Å². The number of hydrogen-bond acceptors (Lipinski definition) is 5. The van der Waals surface area contributed by atoms with Crippen molar-refractivity contribution in [3.63, 3.8) is 0 Å². The van der Waals surface area contributed by atoms with Gasteiger partial charge in [-0.3, -0.25) is 9.69 Å². The number of nitrogens with zero attached hydrogens (tertiary/aromatic N) is 1. The molecule has 78 valence electrons. The number of carboxylic acid groups (broad SMARTS) is 1. The second kappa shape index (κ2) is 4.75. The van der Waals surface area contributed by atoms with Crippen LogP contribution in [0.25, 0.3) is 0 Å². The van der Waals surface area contributed by atoms with Gasteiger partial charge in [-0.05, 0) is 6.42 Å². The number of hydrogen-bond donors (Lipinski definition) is 0. The number of amides is 1. The van der Waals surface area contributed by atoms with Crippen LogP contribution >= 0.6 is 24.0 Å². The third-order valence-corrected chi connectivity index (χ3v) is 3.67. The first-order valence-corrected chi connectivity index (χ1v) is 5.57. The zero-order valence-electron chi connectivity index (χ0n) is 7.69. The molecule has 0 N–H and O–H groups in total. The molecule has 1 atom stereocenters. The van der Waals surface area contributed by atoms with E-state index in [4.69, 9.17) is 12.2 Å². The number of aliphatic carboxylic acids is 1. The highest BCUT2D eigenvalue weighted by molar-refractivity contribution is 8.24. The van der Waals surface area contributed by atoms with E-state index in [2.05, 4.69) is 0 Å². The number of carbonyl (C=O) groups excluding carboxylic acids is 2. The monoisotopic (exact) mass is 232 g/mol. The summed E-state index contributed by atoms with van der Waals surface area (Å²) in [7, 11) is 0. The number of rotatable bonds is 4. The summed E-state index contributed by atoms with van der Waals surface area (Å²) >= 11 is 6.30. The third-order valence-electron chi connectivity index (χ3n) is 1.92. The minimum Gasteiger partial charge on any atom is -0.550 e. The highest BCUT2D eigenvalue weighted by Crippen LogP contribution is 2.29. The molecule has 1 aliphatic rings. The molecule has 1 aliphatic heterocycles. The molecule has 0 bridgehead atoms. The highest BCUT2D eigenvalue weighted by atomic mass is 32.2. The quantitative estimate of drug-likeness (QED) is 0.626. The summed E-state index contributed by atoms with van der Waals surface area (Å²) < 4.78 is 0.475. The molecule has 0 aliphatic carbocycles. The maximum absolute atomic E-state index is 11.6. The molecule has 1 saturated heterocycles. The van der Waals surface area contributed by atoms with Gasteiger partial charge in [-0.2, -0.15) is 0 Å². The maximum atomic E-state index is 11.6. The van der Waals surface area contributed by atoms with Gasteiger partial charge >= 0.3 is 0 Å². The van der Waals surface area contributed by atoms with Gasteiger partial charge in [-0.25, -0.2) is 0 Å². The van der Waals surface area contributed by atoms with Crippen molar-refractivity contribution >= 4 is 40.2 Å². The summed E-state index contributed by atoms with van der Waals surface area (Å²) in [5, 5.41) is 10.1. The van der Waals surface area contributed by atoms with Crippen LogP contribution in [0, 0.1) is 0 Å². The van der Waals surface area contributed by atoms with E-state index >= 15 is 0 Å². The maximum Gasteiger partial charge on any atom is 0.241 e. The fourth-order valence-corrected chi connectivity index (χ4v) is 2.64. The van der Waals surface area contributed by atoms with E-state index in [0.717, 1.165) is 0 Å². The largest absolute Gasteiger partial charge is 0.550 e. The van der Waals surface area contributed by atoms with Gasteiger partial charge in [0.15, 0.2) is 0 Å². The summed E-state index contributed by atoms with van der Waals surface area (Å²) in [6.07, 6.45) is 0.550. The molecule has 0 aromatic carbocycles. The summed E-state index contributed by atoms with van der Waals surface area (Å²) in [5.41, 5.74) is 0. The van der Waals surface area contributed by atoms with Crippen LogP contribution in [0.5, 0.6) is 0 Å². The van der Waals surface area contributed by atoms with Crippen LogP contribution in [-0.2, 0) is 9.59 Å². The van der Waals surface area contributed by atoms with Crippen LogP contribution in [0.3, 0.4) is 0 Å². The van der Waals surface area contributed by atoms with E-state index in [1.54, 1.807) is 0 Å². The lowest BCUT2D eigenvalue weighted by Crippen LogP contribution is -2.35. The first-order chi connectivity index (χ1) is 6.56. The molecule has 1 rings (SSSR count). The lowest BCUT2D eigenvalue weighted by molar-refractivity contribution is -0.305. The van der Waals surface area contributed by atoms with Crippen molar-refractivity contribution in [3.05, 3.63) is 0 Å². The van der Waals surface area contributed by atoms with Crippen LogP contribution < -0.4 is 5.11 Å². The minimum absolute atomic E-state index is 0.0799. The predicted molar refractivity (Wildman–Crippen MR) is 55.6 cm³/mol. The SMILES string of the molecule is CC[C@H]1SC(=S)N(CCC(=O)[O-])C1=O. The van der Waals surface area contributed by atoms with Crippen LogP contribution in [0.15, 0.2) is 0 Å². The van der Waals surface area contributed by atoms with Crippen molar-refractivity contribution < 1.29 is 14.7 Å². The normalized spacial score (nSPS) is 21.8. The standard InChI is InChI=1S/C8H11NO3S2/c1-2-5-7(12)9(8(13)14-5)4-3-6(10)11/h5H,2-4H2,1H3,(H,10,11)/p-1/t5-/m1/s1. The topological polar surface area (TPSA) is 60.4 Å². The number of thiocarbonyl (C=S) groups is 1. The average Bonchev–Trinajstić information content (AvgIpc) is 2.39. The van der Waals surface area contributed by atoms with Crippen LogP contribution in [0.1, 0.15) is 19.8 Å². The first-order valence-electron chi connectivity index (χ1n) is 4.28. The van der Waals surface area contributed by atoms with Crippen molar-refractivity contribution in [3.8, 4) is 0 Å². The number of carbonyl (C=O) groups is 2. The van der Waals surface area contributed by atoms with Crippen molar-refractivity contribution in [2.75, 3.05) is 6.54 Å². The van der Waals surface area contributed by atoms with Gasteiger partial charge in [0.05, 0.1) is 5.25 Å². The van der Waals surface area contributed by atoms with E-state index in [-0.39, 0.29) is 24.1 Å². The molecule has 0 aromatic heterocycles. The number of carboxylic acids is 1. The van der Waals surface area contributed by atoms with Gasteiger partial charge in [0.25, 0.3) is 0 Å². The minimum atomic E-state index is -1.16. The zero-order valence-corrected chi connectivity index (χ0v) is 9.32. The molecule has 14 heavy (non-hydrogen) atoms. The smallest absolute Gasteiger partial charge is 0.241 e. The second-order valence-electron chi connectivity index (χ2n) is 2.89. The Balaban J connectivity index is 2.56. The second-order valence-corrected chi connectivity index (χ2v) is 4.73. The molecule has 6 heteroatoms. The molecule has 1 amide bonds. The molecule has 0 saturated carbocycles. The van der Waals surface area contributed by atoms with Crippen molar-refractivity contribution in [2.45, 2.75) is 25.0 Å². The Bertz CT molecular complexity index is 280. The summed E-state index contributed by atoms with van der Waals surface area (Å²) in [4.78, 5) is 23.1. The molecule has 0 spiro atoms. The van der Waals surface area contributed by atoms with Gasteiger partial charge in [-0.1, -0.05) is 30.9 Å². The Morgan fingerprint density at radius 2 is 2.36 bits per heavy atom. The zero-order chi connectivity index (χ0) is 10.7. The van der Waals surface area contributed by atoms with E-state index in [1.165, 1.54) is 16.7 Å². The fourth-order valence-electron chi connectivity index (χ4n) is 1.16. The summed E-state index contributed by atoms with van der Waals surface area (Å²) in [6.45, 7) is 2.03. The van der Waals surface area contributed by atoms with E-state index < -0.39 is 5.97 Å². The lowest BCUT2D eigenvalue weighted by atomic mass is 10.3. The van der Waals surface area contributed by atoms with Gasteiger partial charge in [0.2, 0.25) is 5.91 Å². The lowest BCUT2D eigenvalue weighted by Gasteiger charge is -2.15. The molecular weight excluding hydrogens is 222 g/mol. The molecule has 4 nitrogen and oxygen atoms in total. The van der Waals surface area contributed by atoms with E-state index in [9.17, 15) is 14.7 Å². The summed E-state index contributed by atoms with van der Waals surface area (Å²) in [5.74, 6) is -1.24. The van der Waals surface area contributed by atoms with Crippen LogP contribution in [-0.4, -0.2) is 32.9 Å². The van der Waals surface area contributed by atoms with Gasteiger partial charge < -0.3 is 9.90 Å². The Kier molecular flexibility index (Phi) is 3.88. The van der Waals surface area contributed by atoms with E-state index in [0.29, 0.717) is 10.7 Å². The fraction of sp³-hybridized carbons (Fsp3) is 0.625. The first kappa shape index (κ1) is 11.5. The molecule has 1 heterocycles. The Labute approximate surface area is 91.6 Å². The highest BCUT2D eigenvalue weighted by Gasteiger charge is 2.34. The number of thioether (sulfide) groups is 1. The summed E-state index contributed by atoms with van der Waals surface area (Å²) in [6, 6.07) is 0. The van der Waals surface area contributed by atoms with Gasteiger partial charge in [0.1, 0.15) is 4.32 Å². The molecule has 1 fully saturated rings. The molecular formula is C8H10NO3S2-. The Hall–Kier alpha value is -0.620. The Morgan fingerprint density at radius 3 is 2.79 bits per heavy atom. The molecule has 0 aromatic rings. The van der Waals surface area contributed by atoms with Crippen molar-refractivity contribution in [2.24, 2.45) is 0 Å². The van der Waals surface area contributed by atoms with Gasteiger partial charge in [0, 0.05) is 18.9 Å². The predicted octanol–water partition coefficient (Wildman–Crippen LogP) is -0.235. The molecule has 0 unspecified atom stereocenters. The molecule has 0 radical (unpaired) electrons.